The topological polar surface area (TPSA) is 69.1 Å². The summed E-state index contributed by atoms with van der Waals surface area (Å²) in [5.41, 5.74) is 2.46. The molecule has 22 heavy (non-hydrogen) atoms. The summed E-state index contributed by atoms with van der Waals surface area (Å²) in [6.45, 7) is 0. The molecule has 0 aliphatic carbocycles. The Labute approximate surface area is 124 Å². The summed E-state index contributed by atoms with van der Waals surface area (Å²) in [6.07, 6.45) is 3.91. The van der Waals surface area contributed by atoms with Crippen LogP contribution in [0, 0.1) is 5.82 Å². The Morgan fingerprint density at radius 3 is 2.82 bits per heavy atom. The first-order chi connectivity index (χ1) is 10.8. The molecule has 0 radical (unpaired) electrons. The molecule has 3 heterocycles. The maximum Gasteiger partial charge on any atom is 0.231 e. The molecule has 6 nitrogen and oxygen atoms in total. The molecule has 4 rings (SSSR count). The van der Waals surface area contributed by atoms with Gasteiger partial charge in [0, 0.05) is 11.8 Å². The van der Waals surface area contributed by atoms with E-state index in [0.29, 0.717) is 18.1 Å². The van der Waals surface area contributed by atoms with Crippen LogP contribution in [0.3, 0.4) is 0 Å². The minimum absolute atomic E-state index is 0.266. The minimum atomic E-state index is -0.266. The van der Waals surface area contributed by atoms with Gasteiger partial charge in [0.25, 0.3) is 0 Å². The third kappa shape index (κ3) is 2.32. The van der Waals surface area contributed by atoms with Crippen LogP contribution in [0.5, 0.6) is 0 Å². The van der Waals surface area contributed by atoms with E-state index in [2.05, 4.69) is 20.3 Å². The average Bonchev–Trinajstić information content (AvgIpc) is 3.17. The summed E-state index contributed by atoms with van der Waals surface area (Å²) in [5.74, 6) is 0.704. The van der Waals surface area contributed by atoms with Crippen molar-refractivity contribution in [1.29, 1.82) is 0 Å². The molecule has 0 bridgehead atoms. The highest BCUT2D eigenvalue weighted by atomic mass is 19.1. The van der Waals surface area contributed by atoms with Crippen LogP contribution in [0.4, 0.5) is 4.39 Å². The molecule has 108 valence electrons. The van der Waals surface area contributed by atoms with Crippen molar-refractivity contribution in [3.05, 3.63) is 66.2 Å². The molecule has 0 saturated carbocycles. The van der Waals surface area contributed by atoms with Crippen molar-refractivity contribution in [1.82, 2.24) is 24.7 Å². The summed E-state index contributed by atoms with van der Waals surface area (Å²) >= 11 is 0. The standard InChI is InChI=1S/C15H10FN5O/c16-12-4-1-10(2-5-12)7-14-18-15(20-22-14)11-3-6-13-19-17-9-21(13)8-11/h1-6,8-9H,7H2. The van der Waals surface area contributed by atoms with Gasteiger partial charge in [-0.1, -0.05) is 17.3 Å². The van der Waals surface area contributed by atoms with Crippen molar-refractivity contribution in [3.63, 3.8) is 0 Å². The van der Waals surface area contributed by atoms with Gasteiger partial charge in [-0.3, -0.25) is 4.40 Å². The first-order valence-electron chi connectivity index (χ1n) is 6.65. The van der Waals surface area contributed by atoms with Crippen LogP contribution in [0.2, 0.25) is 0 Å². The highest BCUT2D eigenvalue weighted by Crippen LogP contribution is 2.17. The van der Waals surface area contributed by atoms with Gasteiger partial charge >= 0.3 is 0 Å². The highest BCUT2D eigenvalue weighted by Gasteiger charge is 2.10. The van der Waals surface area contributed by atoms with Crippen LogP contribution in [0.1, 0.15) is 11.5 Å². The second-order valence-electron chi connectivity index (χ2n) is 4.83. The van der Waals surface area contributed by atoms with Crippen molar-refractivity contribution in [2.75, 3.05) is 0 Å². The molecule has 0 N–H and O–H groups in total. The van der Waals surface area contributed by atoms with E-state index in [4.69, 9.17) is 4.52 Å². The lowest BCUT2D eigenvalue weighted by atomic mass is 10.1. The lowest BCUT2D eigenvalue weighted by Gasteiger charge is -1.96. The molecule has 0 amide bonds. The van der Waals surface area contributed by atoms with E-state index in [-0.39, 0.29) is 5.82 Å². The van der Waals surface area contributed by atoms with Gasteiger partial charge in [0.1, 0.15) is 12.1 Å². The molecular formula is C15H10FN5O. The van der Waals surface area contributed by atoms with Crippen molar-refractivity contribution in [3.8, 4) is 11.4 Å². The van der Waals surface area contributed by atoms with Gasteiger partial charge in [0.15, 0.2) is 5.65 Å². The third-order valence-corrected chi connectivity index (χ3v) is 3.29. The first kappa shape index (κ1) is 12.6. The molecule has 0 aliphatic rings. The van der Waals surface area contributed by atoms with Gasteiger partial charge in [-0.05, 0) is 29.8 Å². The Morgan fingerprint density at radius 1 is 1.09 bits per heavy atom. The fourth-order valence-electron chi connectivity index (χ4n) is 2.18. The summed E-state index contributed by atoms with van der Waals surface area (Å²) in [5, 5.41) is 11.7. The molecule has 1 aromatic carbocycles. The van der Waals surface area contributed by atoms with E-state index >= 15 is 0 Å². The number of rotatable bonds is 3. The van der Waals surface area contributed by atoms with Crippen LogP contribution in [-0.2, 0) is 6.42 Å². The fraction of sp³-hybridized carbons (Fsp3) is 0.0667. The van der Waals surface area contributed by atoms with Crippen LogP contribution < -0.4 is 0 Å². The molecule has 0 unspecified atom stereocenters. The van der Waals surface area contributed by atoms with E-state index in [1.165, 1.54) is 12.1 Å². The van der Waals surface area contributed by atoms with Crippen molar-refractivity contribution in [2.45, 2.75) is 6.42 Å². The number of aromatic nitrogens is 5. The molecule has 0 fully saturated rings. The van der Waals surface area contributed by atoms with E-state index in [1.54, 1.807) is 22.9 Å². The third-order valence-electron chi connectivity index (χ3n) is 3.29. The number of pyridine rings is 1. The number of halogens is 1. The van der Waals surface area contributed by atoms with Crippen LogP contribution in [0.25, 0.3) is 17.0 Å². The van der Waals surface area contributed by atoms with Gasteiger partial charge in [0.2, 0.25) is 11.7 Å². The fourth-order valence-corrected chi connectivity index (χ4v) is 2.18. The molecule has 3 aromatic heterocycles. The number of hydrogen-bond donors (Lipinski definition) is 0. The number of benzene rings is 1. The second kappa shape index (κ2) is 5.03. The zero-order chi connectivity index (χ0) is 14.9. The number of nitrogens with zero attached hydrogens (tertiary/aromatic N) is 5. The highest BCUT2D eigenvalue weighted by molar-refractivity contribution is 5.56. The number of hydrogen-bond acceptors (Lipinski definition) is 5. The molecule has 0 atom stereocenters. The van der Waals surface area contributed by atoms with Crippen LogP contribution >= 0.6 is 0 Å². The summed E-state index contributed by atoms with van der Waals surface area (Å²) in [4.78, 5) is 4.36. The quantitative estimate of drug-likeness (QED) is 0.581. The largest absolute Gasteiger partial charge is 0.339 e. The summed E-state index contributed by atoms with van der Waals surface area (Å²) < 4.78 is 19.9. The van der Waals surface area contributed by atoms with Gasteiger partial charge in [-0.2, -0.15) is 4.98 Å². The number of fused-ring (bicyclic) bond motifs is 1. The van der Waals surface area contributed by atoms with Gasteiger partial charge in [0.05, 0.1) is 6.42 Å². The Morgan fingerprint density at radius 2 is 1.95 bits per heavy atom. The molecule has 0 aliphatic heterocycles. The Bertz CT molecular complexity index is 928. The lowest BCUT2D eigenvalue weighted by Crippen LogP contribution is -1.90. The van der Waals surface area contributed by atoms with E-state index in [9.17, 15) is 4.39 Å². The molecule has 4 aromatic rings. The normalized spacial score (nSPS) is 11.1. The Balaban J connectivity index is 1.61. The summed E-state index contributed by atoms with van der Waals surface area (Å²) in [6, 6.07) is 9.90. The Kier molecular flexibility index (Phi) is 2.89. The smallest absolute Gasteiger partial charge is 0.231 e. The van der Waals surface area contributed by atoms with Crippen molar-refractivity contribution < 1.29 is 8.91 Å². The van der Waals surface area contributed by atoms with Gasteiger partial charge in [-0.25, -0.2) is 4.39 Å². The van der Waals surface area contributed by atoms with E-state index in [0.717, 1.165) is 16.8 Å². The maximum atomic E-state index is 12.9. The molecule has 0 spiro atoms. The monoisotopic (exact) mass is 295 g/mol. The zero-order valence-electron chi connectivity index (χ0n) is 11.3. The van der Waals surface area contributed by atoms with Crippen LogP contribution in [-0.4, -0.2) is 24.7 Å². The predicted molar refractivity (Wildman–Crippen MR) is 75.5 cm³/mol. The van der Waals surface area contributed by atoms with Crippen molar-refractivity contribution in [2.24, 2.45) is 0 Å². The molecular weight excluding hydrogens is 285 g/mol. The molecule has 0 saturated heterocycles. The molecule has 7 heteroatoms. The summed E-state index contributed by atoms with van der Waals surface area (Å²) in [7, 11) is 0. The average molecular weight is 295 g/mol. The minimum Gasteiger partial charge on any atom is -0.339 e. The van der Waals surface area contributed by atoms with Gasteiger partial charge < -0.3 is 4.52 Å². The maximum absolute atomic E-state index is 12.9. The Hall–Kier alpha value is -3.09. The van der Waals surface area contributed by atoms with Crippen molar-refractivity contribution >= 4 is 5.65 Å². The second-order valence-corrected chi connectivity index (χ2v) is 4.83. The van der Waals surface area contributed by atoms with Crippen LogP contribution in [0.15, 0.2) is 53.4 Å². The predicted octanol–water partition coefficient (Wildman–Crippen LogP) is 2.51. The van der Waals surface area contributed by atoms with Gasteiger partial charge in [-0.15, -0.1) is 10.2 Å². The van der Waals surface area contributed by atoms with E-state index < -0.39 is 0 Å². The first-order valence-corrected chi connectivity index (χ1v) is 6.65. The zero-order valence-corrected chi connectivity index (χ0v) is 11.3. The van der Waals surface area contributed by atoms with E-state index in [1.807, 2.05) is 18.3 Å². The lowest BCUT2D eigenvalue weighted by molar-refractivity contribution is 0.385. The SMILES string of the molecule is Fc1ccc(Cc2nc(-c3ccc4nncn4c3)no2)cc1.